The van der Waals surface area contributed by atoms with Gasteiger partial charge in [0.25, 0.3) is 5.91 Å². The Kier molecular flexibility index (Phi) is 5.89. The van der Waals surface area contributed by atoms with Gasteiger partial charge in [-0.15, -0.1) is 0 Å². The lowest BCUT2D eigenvalue weighted by molar-refractivity contribution is 0.0827. The van der Waals surface area contributed by atoms with Gasteiger partial charge in [0.2, 0.25) is 5.95 Å². The van der Waals surface area contributed by atoms with Crippen molar-refractivity contribution in [3.05, 3.63) is 71.4 Å². The number of hydrogen-bond donors (Lipinski definition) is 1. The van der Waals surface area contributed by atoms with E-state index < -0.39 is 0 Å². The van der Waals surface area contributed by atoms with Crippen LogP contribution >= 0.6 is 0 Å². The number of hydrogen-bond acceptors (Lipinski definition) is 5. The van der Waals surface area contributed by atoms with Gasteiger partial charge in [-0.05, 0) is 36.8 Å². The summed E-state index contributed by atoms with van der Waals surface area (Å²) < 4.78 is 5.83. The van der Waals surface area contributed by atoms with Crippen LogP contribution in [0.3, 0.4) is 0 Å². The van der Waals surface area contributed by atoms with Crippen LogP contribution in [0, 0.1) is 6.92 Å². The SMILES string of the molecule is Cc1nc(N)nc(-c2ccc(OCCc3ccccc3)cc2)c1C(=O)N(C)C. The van der Waals surface area contributed by atoms with E-state index in [0.717, 1.165) is 17.7 Å². The number of ether oxygens (including phenoxy) is 1. The fourth-order valence-corrected chi connectivity index (χ4v) is 2.92. The van der Waals surface area contributed by atoms with Gasteiger partial charge < -0.3 is 15.4 Å². The summed E-state index contributed by atoms with van der Waals surface area (Å²) >= 11 is 0. The molecule has 0 atom stereocenters. The maximum atomic E-state index is 12.6. The number of nitrogens with zero attached hydrogens (tertiary/aromatic N) is 3. The monoisotopic (exact) mass is 376 g/mol. The normalized spacial score (nSPS) is 10.5. The van der Waals surface area contributed by atoms with Crippen molar-refractivity contribution in [3.8, 4) is 17.0 Å². The molecule has 0 saturated carbocycles. The second-order valence-corrected chi connectivity index (χ2v) is 6.70. The highest BCUT2D eigenvalue weighted by molar-refractivity contribution is 6.00. The summed E-state index contributed by atoms with van der Waals surface area (Å²) in [5.41, 5.74) is 9.39. The molecule has 0 aliphatic carbocycles. The second kappa shape index (κ2) is 8.52. The van der Waals surface area contributed by atoms with E-state index >= 15 is 0 Å². The largest absolute Gasteiger partial charge is 0.493 e. The van der Waals surface area contributed by atoms with Crippen molar-refractivity contribution in [1.82, 2.24) is 14.9 Å². The molecule has 1 heterocycles. The molecule has 0 aliphatic rings. The zero-order chi connectivity index (χ0) is 20.1. The molecule has 1 amide bonds. The maximum Gasteiger partial charge on any atom is 0.257 e. The summed E-state index contributed by atoms with van der Waals surface area (Å²) in [7, 11) is 3.40. The molecule has 0 aliphatic heterocycles. The van der Waals surface area contributed by atoms with E-state index in [0.29, 0.717) is 23.6 Å². The lowest BCUT2D eigenvalue weighted by atomic mass is 10.0. The van der Waals surface area contributed by atoms with Gasteiger partial charge in [-0.3, -0.25) is 4.79 Å². The predicted molar refractivity (Wildman–Crippen MR) is 110 cm³/mol. The minimum atomic E-state index is -0.157. The number of nitrogen functional groups attached to an aromatic ring is 1. The minimum Gasteiger partial charge on any atom is -0.493 e. The fourth-order valence-electron chi connectivity index (χ4n) is 2.92. The van der Waals surface area contributed by atoms with E-state index in [9.17, 15) is 4.79 Å². The van der Waals surface area contributed by atoms with E-state index in [1.54, 1.807) is 21.0 Å². The standard InChI is InChI=1S/C22H24N4O2/c1-15-19(21(27)26(2)3)20(25-22(23)24-15)17-9-11-18(12-10-17)28-14-13-16-7-5-4-6-8-16/h4-12H,13-14H2,1-3H3,(H2,23,24,25). The van der Waals surface area contributed by atoms with Crippen molar-refractivity contribution >= 4 is 11.9 Å². The average molecular weight is 376 g/mol. The van der Waals surface area contributed by atoms with Crippen LogP contribution in [0.1, 0.15) is 21.6 Å². The number of aromatic nitrogens is 2. The van der Waals surface area contributed by atoms with Gasteiger partial charge >= 0.3 is 0 Å². The number of amides is 1. The third-order valence-electron chi connectivity index (χ3n) is 4.36. The zero-order valence-electron chi connectivity index (χ0n) is 16.3. The predicted octanol–water partition coefficient (Wildman–Crippen LogP) is 3.36. The number of anilines is 1. The maximum absolute atomic E-state index is 12.6. The van der Waals surface area contributed by atoms with Crippen molar-refractivity contribution in [1.29, 1.82) is 0 Å². The lowest BCUT2D eigenvalue weighted by Gasteiger charge is -2.16. The summed E-state index contributed by atoms with van der Waals surface area (Å²) in [4.78, 5) is 22.6. The molecule has 0 bridgehead atoms. The van der Waals surface area contributed by atoms with Gasteiger partial charge in [0.1, 0.15) is 5.75 Å². The highest BCUT2D eigenvalue weighted by Crippen LogP contribution is 2.27. The number of carbonyl (C=O) groups excluding carboxylic acids is 1. The summed E-state index contributed by atoms with van der Waals surface area (Å²) in [6.45, 7) is 2.35. The Morgan fingerprint density at radius 3 is 2.36 bits per heavy atom. The van der Waals surface area contributed by atoms with Crippen molar-refractivity contribution < 1.29 is 9.53 Å². The highest BCUT2D eigenvalue weighted by Gasteiger charge is 2.20. The Morgan fingerprint density at radius 2 is 1.71 bits per heavy atom. The van der Waals surface area contributed by atoms with Crippen molar-refractivity contribution in [2.24, 2.45) is 0 Å². The molecule has 0 unspecified atom stereocenters. The van der Waals surface area contributed by atoms with E-state index in [-0.39, 0.29) is 11.9 Å². The number of aryl methyl sites for hydroxylation is 1. The first-order valence-corrected chi connectivity index (χ1v) is 9.08. The number of benzene rings is 2. The van der Waals surface area contributed by atoms with Crippen molar-refractivity contribution in [2.75, 3.05) is 26.4 Å². The van der Waals surface area contributed by atoms with Crippen molar-refractivity contribution in [2.45, 2.75) is 13.3 Å². The molecule has 6 nitrogen and oxygen atoms in total. The first-order valence-electron chi connectivity index (χ1n) is 9.08. The molecular formula is C22H24N4O2. The van der Waals surface area contributed by atoms with Gasteiger partial charge in [0.15, 0.2) is 0 Å². The molecule has 2 aromatic carbocycles. The summed E-state index contributed by atoms with van der Waals surface area (Å²) in [5, 5.41) is 0. The second-order valence-electron chi connectivity index (χ2n) is 6.70. The Balaban J connectivity index is 1.79. The van der Waals surface area contributed by atoms with Crippen molar-refractivity contribution in [3.63, 3.8) is 0 Å². The molecule has 0 saturated heterocycles. The number of carbonyl (C=O) groups is 1. The quantitative estimate of drug-likeness (QED) is 0.713. The Labute approximate surface area is 165 Å². The van der Waals surface area contributed by atoms with Gasteiger partial charge in [0, 0.05) is 26.1 Å². The Bertz CT molecular complexity index is 954. The number of nitrogens with two attached hydrogens (primary N) is 1. The summed E-state index contributed by atoms with van der Waals surface area (Å²) in [6.07, 6.45) is 0.839. The van der Waals surface area contributed by atoms with E-state index in [4.69, 9.17) is 10.5 Å². The molecule has 0 fully saturated rings. The summed E-state index contributed by atoms with van der Waals surface area (Å²) in [6, 6.07) is 17.7. The molecule has 0 radical (unpaired) electrons. The van der Waals surface area contributed by atoms with Gasteiger partial charge in [-0.2, -0.15) is 0 Å². The first-order chi connectivity index (χ1) is 13.5. The molecule has 28 heavy (non-hydrogen) atoms. The topological polar surface area (TPSA) is 81.3 Å². The van der Waals surface area contributed by atoms with Crippen LogP contribution in [0.15, 0.2) is 54.6 Å². The molecule has 0 spiro atoms. The third kappa shape index (κ3) is 4.46. The zero-order valence-corrected chi connectivity index (χ0v) is 16.3. The van der Waals surface area contributed by atoms with Crippen LogP contribution in [0.25, 0.3) is 11.3 Å². The first kappa shape index (κ1) is 19.4. The molecule has 1 aromatic heterocycles. The molecule has 2 N–H and O–H groups in total. The van der Waals surface area contributed by atoms with Crippen LogP contribution in [0.2, 0.25) is 0 Å². The van der Waals surface area contributed by atoms with Gasteiger partial charge in [0.05, 0.1) is 23.6 Å². The highest BCUT2D eigenvalue weighted by atomic mass is 16.5. The van der Waals surface area contributed by atoms with E-state index in [1.165, 1.54) is 10.5 Å². The lowest BCUT2D eigenvalue weighted by Crippen LogP contribution is -2.24. The average Bonchev–Trinajstić information content (AvgIpc) is 2.68. The van der Waals surface area contributed by atoms with Gasteiger partial charge in [-0.1, -0.05) is 30.3 Å². The summed E-state index contributed by atoms with van der Waals surface area (Å²) in [5.74, 6) is 0.751. The molecule has 3 rings (SSSR count). The Morgan fingerprint density at radius 1 is 1.04 bits per heavy atom. The van der Waals surface area contributed by atoms with Crippen LogP contribution in [-0.2, 0) is 6.42 Å². The molecule has 144 valence electrons. The minimum absolute atomic E-state index is 0.144. The fraction of sp³-hybridized carbons (Fsp3) is 0.227. The molecular weight excluding hydrogens is 352 g/mol. The van der Waals surface area contributed by atoms with Crippen LogP contribution in [-0.4, -0.2) is 41.5 Å². The van der Waals surface area contributed by atoms with Crippen LogP contribution in [0.5, 0.6) is 5.75 Å². The molecule has 3 aromatic rings. The van der Waals surface area contributed by atoms with Gasteiger partial charge in [-0.25, -0.2) is 9.97 Å². The van der Waals surface area contributed by atoms with E-state index in [2.05, 4.69) is 22.1 Å². The third-order valence-corrected chi connectivity index (χ3v) is 4.36. The van der Waals surface area contributed by atoms with Crippen LogP contribution in [0.4, 0.5) is 5.95 Å². The van der Waals surface area contributed by atoms with E-state index in [1.807, 2.05) is 42.5 Å². The smallest absolute Gasteiger partial charge is 0.257 e. The number of rotatable bonds is 6. The van der Waals surface area contributed by atoms with Crippen LogP contribution < -0.4 is 10.5 Å². The Hall–Kier alpha value is -3.41. The molecule has 6 heteroatoms.